The summed E-state index contributed by atoms with van der Waals surface area (Å²) >= 11 is 0. The second-order valence-corrected chi connectivity index (χ2v) is 5.76. The van der Waals surface area contributed by atoms with Gasteiger partial charge < -0.3 is 15.2 Å². The standard InChI is InChI=1S/C16H25NO2/c1-16(2,18)15-6-5-13-4-3-8-17-9-11-19-10-7-14(13)12-15/h5-6,12,17-18H,3-4,7-11H2,1-2H3. The van der Waals surface area contributed by atoms with Crippen LogP contribution in [0, 0.1) is 0 Å². The van der Waals surface area contributed by atoms with Crippen LogP contribution in [0.2, 0.25) is 0 Å². The summed E-state index contributed by atoms with van der Waals surface area (Å²) in [5.41, 5.74) is 2.92. The third kappa shape index (κ3) is 4.30. The molecule has 1 heterocycles. The number of aryl methyl sites for hydroxylation is 1. The van der Waals surface area contributed by atoms with E-state index in [0.717, 1.165) is 51.1 Å². The van der Waals surface area contributed by atoms with Crippen molar-refractivity contribution in [2.45, 2.75) is 38.7 Å². The highest BCUT2D eigenvalue weighted by Gasteiger charge is 2.17. The Balaban J connectivity index is 2.20. The zero-order valence-corrected chi connectivity index (χ0v) is 12.0. The number of hydrogen-bond acceptors (Lipinski definition) is 3. The monoisotopic (exact) mass is 263 g/mol. The van der Waals surface area contributed by atoms with Crippen LogP contribution in [-0.2, 0) is 23.2 Å². The molecule has 0 aliphatic carbocycles. The summed E-state index contributed by atoms with van der Waals surface area (Å²) in [7, 11) is 0. The van der Waals surface area contributed by atoms with Crippen molar-refractivity contribution in [3.63, 3.8) is 0 Å². The van der Waals surface area contributed by atoms with Gasteiger partial charge in [-0.3, -0.25) is 0 Å². The van der Waals surface area contributed by atoms with Crippen LogP contribution < -0.4 is 5.32 Å². The first-order valence-electron chi connectivity index (χ1n) is 7.20. The first kappa shape index (κ1) is 14.5. The second kappa shape index (κ2) is 6.51. The fourth-order valence-corrected chi connectivity index (χ4v) is 2.44. The average molecular weight is 263 g/mol. The van der Waals surface area contributed by atoms with Crippen LogP contribution >= 0.6 is 0 Å². The number of fused-ring (bicyclic) bond motifs is 1. The smallest absolute Gasteiger partial charge is 0.0840 e. The predicted octanol–water partition coefficient (Wildman–Crippen LogP) is 2.01. The number of hydrogen-bond donors (Lipinski definition) is 2. The van der Waals surface area contributed by atoms with E-state index in [1.54, 1.807) is 0 Å². The van der Waals surface area contributed by atoms with E-state index in [1.165, 1.54) is 11.1 Å². The van der Waals surface area contributed by atoms with Gasteiger partial charge in [0.1, 0.15) is 0 Å². The molecule has 106 valence electrons. The number of rotatable bonds is 1. The minimum Gasteiger partial charge on any atom is -0.386 e. The van der Waals surface area contributed by atoms with Crippen LogP contribution in [0.25, 0.3) is 0 Å². The lowest BCUT2D eigenvalue weighted by molar-refractivity contribution is 0.0784. The largest absolute Gasteiger partial charge is 0.386 e. The maximum Gasteiger partial charge on any atom is 0.0840 e. The molecule has 0 radical (unpaired) electrons. The van der Waals surface area contributed by atoms with Gasteiger partial charge in [0.25, 0.3) is 0 Å². The quantitative estimate of drug-likeness (QED) is 0.814. The van der Waals surface area contributed by atoms with Crippen molar-refractivity contribution >= 4 is 0 Å². The van der Waals surface area contributed by atoms with Gasteiger partial charge in [0.05, 0.1) is 18.8 Å². The van der Waals surface area contributed by atoms with Gasteiger partial charge in [0.2, 0.25) is 0 Å². The fourth-order valence-electron chi connectivity index (χ4n) is 2.44. The van der Waals surface area contributed by atoms with Gasteiger partial charge in [-0.05, 0) is 56.3 Å². The molecule has 0 spiro atoms. The SMILES string of the molecule is CC(C)(O)c1ccc2c(c1)CCOCCNCCC2. The molecule has 0 aromatic heterocycles. The lowest BCUT2D eigenvalue weighted by atomic mass is 9.91. The minimum absolute atomic E-state index is 0.754. The number of ether oxygens (including phenoxy) is 1. The summed E-state index contributed by atoms with van der Waals surface area (Å²) < 4.78 is 5.62. The van der Waals surface area contributed by atoms with Crippen molar-refractivity contribution in [3.8, 4) is 0 Å². The Hall–Kier alpha value is -0.900. The van der Waals surface area contributed by atoms with Gasteiger partial charge in [-0.25, -0.2) is 0 Å². The number of aliphatic hydroxyl groups is 1. The van der Waals surface area contributed by atoms with Crippen LogP contribution in [0.3, 0.4) is 0 Å². The summed E-state index contributed by atoms with van der Waals surface area (Å²) in [6, 6.07) is 6.36. The van der Waals surface area contributed by atoms with E-state index in [4.69, 9.17) is 4.74 Å². The predicted molar refractivity (Wildman–Crippen MR) is 77.4 cm³/mol. The zero-order valence-electron chi connectivity index (χ0n) is 12.0. The molecule has 1 aromatic rings. The minimum atomic E-state index is -0.774. The maximum atomic E-state index is 10.1. The van der Waals surface area contributed by atoms with Gasteiger partial charge in [0.15, 0.2) is 0 Å². The van der Waals surface area contributed by atoms with Gasteiger partial charge in [-0.2, -0.15) is 0 Å². The number of nitrogens with one attached hydrogen (secondary N) is 1. The van der Waals surface area contributed by atoms with E-state index >= 15 is 0 Å². The average Bonchev–Trinajstić information content (AvgIpc) is 2.41. The van der Waals surface area contributed by atoms with E-state index in [1.807, 2.05) is 19.9 Å². The van der Waals surface area contributed by atoms with Crippen molar-refractivity contribution < 1.29 is 9.84 Å². The van der Waals surface area contributed by atoms with Crippen molar-refractivity contribution in [2.75, 3.05) is 26.3 Å². The summed E-state index contributed by atoms with van der Waals surface area (Å²) in [4.78, 5) is 0. The highest BCUT2D eigenvalue weighted by molar-refractivity contribution is 5.35. The molecule has 1 aliphatic heterocycles. The van der Waals surface area contributed by atoms with E-state index < -0.39 is 5.60 Å². The normalized spacial score (nSPS) is 18.5. The van der Waals surface area contributed by atoms with Crippen molar-refractivity contribution in [1.29, 1.82) is 0 Å². The first-order valence-corrected chi connectivity index (χ1v) is 7.20. The summed E-state index contributed by atoms with van der Waals surface area (Å²) in [6.07, 6.45) is 3.17. The summed E-state index contributed by atoms with van der Waals surface area (Å²) in [6.45, 7) is 7.17. The van der Waals surface area contributed by atoms with E-state index in [2.05, 4.69) is 17.4 Å². The fraction of sp³-hybridized carbons (Fsp3) is 0.625. The van der Waals surface area contributed by atoms with Crippen LogP contribution in [0.4, 0.5) is 0 Å². The maximum absolute atomic E-state index is 10.1. The Bertz CT molecular complexity index is 410. The summed E-state index contributed by atoms with van der Waals surface area (Å²) in [5.74, 6) is 0. The van der Waals surface area contributed by atoms with Crippen molar-refractivity contribution in [2.24, 2.45) is 0 Å². The van der Waals surface area contributed by atoms with Crippen LogP contribution in [0.15, 0.2) is 18.2 Å². The molecule has 19 heavy (non-hydrogen) atoms. The molecule has 0 saturated carbocycles. The Kier molecular flexibility index (Phi) is 4.97. The molecule has 0 unspecified atom stereocenters. The molecule has 0 fully saturated rings. The van der Waals surface area contributed by atoms with Gasteiger partial charge in [-0.1, -0.05) is 18.2 Å². The highest BCUT2D eigenvalue weighted by atomic mass is 16.5. The Labute approximate surface area is 116 Å². The van der Waals surface area contributed by atoms with Crippen LogP contribution in [-0.4, -0.2) is 31.4 Å². The molecule has 2 rings (SSSR count). The molecule has 3 nitrogen and oxygen atoms in total. The van der Waals surface area contributed by atoms with Gasteiger partial charge in [0, 0.05) is 6.54 Å². The zero-order chi connectivity index (χ0) is 13.7. The van der Waals surface area contributed by atoms with E-state index in [-0.39, 0.29) is 0 Å². The molecule has 1 aromatic carbocycles. The van der Waals surface area contributed by atoms with Crippen molar-refractivity contribution in [1.82, 2.24) is 5.32 Å². The second-order valence-electron chi connectivity index (χ2n) is 5.76. The molecule has 0 amide bonds. The van der Waals surface area contributed by atoms with E-state index in [9.17, 15) is 5.11 Å². The van der Waals surface area contributed by atoms with Gasteiger partial charge in [-0.15, -0.1) is 0 Å². The summed E-state index contributed by atoms with van der Waals surface area (Å²) in [5, 5.41) is 13.5. The van der Waals surface area contributed by atoms with E-state index in [0.29, 0.717) is 0 Å². The van der Waals surface area contributed by atoms with Gasteiger partial charge >= 0.3 is 0 Å². The van der Waals surface area contributed by atoms with Crippen LogP contribution in [0.5, 0.6) is 0 Å². The Morgan fingerprint density at radius 2 is 1.95 bits per heavy atom. The first-order chi connectivity index (χ1) is 9.07. The van der Waals surface area contributed by atoms with Crippen molar-refractivity contribution in [3.05, 3.63) is 34.9 Å². The molecule has 0 bridgehead atoms. The third-order valence-corrected chi connectivity index (χ3v) is 3.65. The Morgan fingerprint density at radius 1 is 1.11 bits per heavy atom. The lowest BCUT2D eigenvalue weighted by Gasteiger charge is -2.20. The molecule has 1 aliphatic rings. The van der Waals surface area contributed by atoms with Crippen LogP contribution in [0.1, 0.15) is 37.0 Å². The molecule has 2 N–H and O–H groups in total. The third-order valence-electron chi connectivity index (χ3n) is 3.65. The number of benzene rings is 1. The molecule has 3 heteroatoms. The molecular weight excluding hydrogens is 238 g/mol. The lowest BCUT2D eigenvalue weighted by Crippen LogP contribution is -2.21. The topological polar surface area (TPSA) is 41.5 Å². The molecule has 0 saturated heterocycles. The Morgan fingerprint density at radius 3 is 2.74 bits per heavy atom. The molecule has 0 atom stereocenters. The molecular formula is C16H25NO2. The highest BCUT2D eigenvalue weighted by Crippen LogP contribution is 2.24.